The molecule has 1 N–H and O–H groups in total. The molecule has 0 aromatic heterocycles. The predicted molar refractivity (Wildman–Crippen MR) is 68.1 cm³/mol. The van der Waals surface area contributed by atoms with Crippen LogP contribution < -0.4 is 5.32 Å². The predicted octanol–water partition coefficient (Wildman–Crippen LogP) is 4.06. The van der Waals surface area contributed by atoms with Crippen molar-refractivity contribution in [3.63, 3.8) is 0 Å². The number of rotatable bonds is 0. The van der Waals surface area contributed by atoms with Gasteiger partial charge in [-0.1, -0.05) is 15.9 Å². The summed E-state index contributed by atoms with van der Waals surface area (Å²) in [6.07, 6.45) is 1.25. The minimum absolute atomic E-state index is 0.593. The van der Waals surface area contributed by atoms with Gasteiger partial charge in [0.15, 0.2) is 0 Å². The van der Waals surface area contributed by atoms with Gasteiger partial charge in [-0.05, 0) is 42.9 Å². The van der Waals surface area contributed by atoms with Gasteiger partial charge in [-0.15, -0.1) is 0 Å². The van der Waals surface area contributed by atoms with Crippen LogP contribution in [0.4, 0.5) is 5.69 Å². The highest BCUT2D eigenvalue weighted by Crippen LogP contribution is 2.36. The minimum Gasteiger partial charge on any atom is -0.385 e. The van der Waals surface area contributed by atoms with Crippen LogP contribution in [-0.4, -0.2) is 12.3 Å². The first kappa shape index (κ1) is 10.4. The molecule has 76 valence electrons. The number of halogens is 1. The van der Waals surface area contributed by atoms with E-state index in [1.165, 1.54) is 27.9 Å². The first-order valence-electron chi connectivity index (χ1n) is 4.92. The van der Waals surface area contributed by atoms with Crippen LogP contribution in [0.15, 0.2) is 22.7 Å². The molecule has 0 saturated heterocycles. The van der Waals surface area contributed by atoms with E-state index in [2.05, 4.69) is 46.4 Å². The van der Waals surface area contributed by atoms with Crippen LogP contribution in [0.5, 0.6) is 0 Å². The highest BCUT2D eigenvalue weighted by atomic mass is 79.9. The lowest BCUT2D eigenvalue weighted by Crippen LogP contribution is -2.09. The molecule has 1 heterocycles. The SMILES string of the molecule is CC1SCCCNc2ccc(Br)cc21. The van der Waals surface area contributed by atoms with E-state index >= 15 is 0 Å². The largest absolute Gasteiger partial charge is 0.385 e. The molecular formula is C11H14BrNS. The van der Waals surface area contributed by atoms with Crippen LogP contribution in [-0.2, 0) is 0 Å². The summed E-state index contributed by atoms with van der Waals surface area (Å²) in [5.41, 5.74) is 2.72. The summed E-state index contributed by atoms with van der Waals surface area (Å²) >= 11 is 5.57. The average molecular weight is 272 g/mol. The van der Waals surface area contributed by atoms with Gasteiger partial charge in [0.2, 0.25) is 0 Å². The van der Waals surface area contributed by atoms with Crippen LogP contribution in [0.1, 0.15) is 24.2 Å². The molecule has 1 aliphatic rings. The molecule has 0 bridgehead atoms. The average Bonchev–Trinajstić information content (AvgIpc) is 2.16. The molecule has 0 fully saturated rings. The summed E-state index contributed by atoms with van der Waals surface area (Å²) in [5, 5.41) is 4.08. The van der Waals surface area contributed by atoms with E-state index in [1.807, 2.05) is 11.8 Å². The van der Waals surface area contributed by atoms with Gasteiger partial charge in [0.05, 0.1) is 0 Å². The third-order valence-corrected chi connectivity index (χ3v) is 4.23. The van der Waals surface area contributed by atoms with Gasteiger partial charge in [-0.2, -0.15) is 11.8 Å². The number of thioether (sulfide) groups is 1. The Labute approximate surface area is 97.8 Å². The zero-order valence-corrected chi connectivity index (χ0v) is 10.6. The van der Waals surface area contributed by atoms with Crippen LogP contribution in [0.3, 0.4) is 0 Å². The number of hydrogen-bond donors (Lipinski definition) is 1. The van der Waals surface area contributed by atoms with E-state index in [0.717, 1.165) is 6.54 Å². The van der Waals surface area contributed by atoms with Crippen molar-refractivity contribution in [1.82, 2.24) is 0 Å². The van der Waals surface area contributed by atoms with E-state index in [4.69, 9.17) is 0 Å². The zero-order chi connectivity index (χ0) is 9.97. The van der Waals surface area contributed by atoms with E-state index in [1.54, 1.807) is 0 Å². The van der Waals surface area contributed by atoms with Gasteiger partial charge in [0.25, 0.3) is 0 Å². The second-order valence-electron chi connectivity index (χ2n) is 3.52. The molecule has 0 spiro atoms. The Hall–Kier alpha value is -0.150. The van der Waals surface area contributed by atoms with Crippen molar-refractivity contribution in [2.75, 3.05) is 17.6 Å². The topological polar surface area (TPSA) is 12.0 Å². The fourth-order valence-electron chi connectivity index (χ4n) is 1.68. The highest BCUT2D eigenvalue weighted by molar-refractivity contribution is 9.10. The molecule has 0 amide bonds. The third kappa shape index (κ3) is 2.26. The second-order valence-corrected chi connectivity index (χ2v) is 5.89. The van der Waals surface area contributed by atoms with E-state index in [9.17, 15) is 0 Å². The molecule has 1 unspecified atom stereocenters. The maximum absolute atomic E-state index is 3.53. The molecule has 0 saturated carbocycles. The smallest absolute Gasteiger partial charge is 0.0384 e. The zero-order valence-electron chi connectivity index (χ0n) is 8.22. The summed E-state index contributed by atoms with van der Waals surface area (Å²) in [5.74, 6) is 1.25. The molecule has 1 nitrogen and oxygen atoms in total. The van der Waals surface area contributed by atoms with Gasteiger partial charge in [-0.25, -0.2) is 0 Å². The van der Waals surface area contributed by atoms with Crippen LogP contribution >= 0.6 is 27.7 Å². The first-order chi connectivity index (χ1) is 6.77. The Bertz CT molecular complexity index is 327. The molecule has 0 aliphatic carbocycles. The van der Waals surface area contributed by atoms with Crippen LogP contribution in [0, 0.1) is 0 Å². The summed E-state index contributed by atoms with van der Waals surface area (Å²) in [7, 11) is 0. The molecule has 2 rings (SSSR count). The van der Waals surface area contributed by atoms with Crippen molar-refractivity contribution in [2.24, 2.45) is 0 Å². The van der Waals surface area contributed by atoms with Crippen molar-refractivity contribution in [1.29, 1.82) is 0 Å². The van der Waals surface area contributed by atoms with E-state index in [0.29, 0.717) is 5.25 Å². The van der Waals surface area contributed by atoms with Gasteiger partial charge in [0.1, 0.15) is 0 Å². The lowest BCUT2D eigenvalue weighted by Gasteiger charge is -2.21. The lowest BCUT2D eigenvalue weighted by molar-refractivity contribution is 0.956. The van der Waals surface area contributed by atoms with Crippen LogP contribution in [0.25, 0.3) is 0 Å². The fourth-order valence-corrected chi connectivity index (χ4v) is 3.09. The molecule has 3 heteroatoms. The Balaban J connectivity index is 2.36. The summed E-state index contributed by atoms with van der Waals surface area (Å²) in [4.78, 5) is 0. The summed E-state index contributed by atoms with van der Waals surface area (Å²) < 4.78 is 1.17. The molecule has 0 radical (unpaired) electrons. The number of nitrogens with one attached hydrogen (secondary N) is 1. The van der Waals surface area contributed by atoms with Gasteiger partial charge >= 0.3 is 0 Å². The number of hydrogen-bond acceptors (Lipinski definition) is 2. The Morgan fingerprint density at radius 3 is 3.21 bits per heavy atom. The monoisotopic (exact) mass is 271 g/mol. The molecule has 1 aromatic carbocycles. The lowest BCUT2D eigenvalue weighted by atomic mass is 10.1. The molecule has 14 heavy (non-hydrogen) atoms. The van der Waals surface area contributed by atoms with E-state index in [-0.39, 0.29) is 0 Å². The first-order valence-corrected chi connectivity index (χ1v) is 6.76. The maximum atomic E-state index is 3.53. The summed E-state index contributed by atoms with van der Waals surface area (Å²) in [6.45, 7) is 3.37. The van der Waals surface area contributed by atoms with Crippen LogP contribution in [0.2, 0.25) is 0 Å². The standard InChI is InChI=1S/C11H14BrNS/c1-8-10-7-9(12)3-4-11(10)13-5-2-6-14-8/h3-4,7-8,13H,2,5-6H2,1H3. The van der Waals surface area contributed by atoms with Crippen molar-refractivity contribution in [3.8, 4) is 0 Å². The van der Waals surface area contributed by atoms with Crippen molar-refractivity contribution in [3.05, 3.63) is 28.2 Å². The molecule has 1 aromatic rings. The quantitative estimate of drug-likeness (QED) is 0.764. The van der Waals surface area contributed by atoms with Crippen molar-refractivity contribution in [2.45, 2.75) is 18.6 Å². The Morgan fingerprint density at radius 2 is 2.36 bits per heavy atom. The molecule has 1 aliphatic heterocycles. The van der Waals surface area contributed by atoms with Crippen molar-refractivity contribution >= 4 is 33.4 Å². The van der Waals surface area contributed by atoms with Gasteiger partial charge < -0.3 is 5.32 Å². The number of anilines is 1. The molecule has 1 atom stereocenters. The maximum Gasteiger partial charge on any atom is 0.0384 e. The highest BCUT2D eigenvalue weighted by Gasteiger charge is 2.13. The second kappa shape index (κ2) is 4.58. The summed E-state index contributed by atoms with van der Waals surface area (Å²) in [6, 6.07) is 6.50. The Morgan fingerprint density at radius 1 is 1.50 bits per heavy atom. The molecular weight excluding hydrogens is 258 g/mol. The normalized spacial score (nSPS) is 21.7. The third-order valence-electron chi connectivity index (χ3n) is 2.46. The number of benzene rings is 1. The number of fused-ring (bicyclic) bond motifs is 1. The Kier molecular flexibility index (Phi) is 3.39. The van der Waals surface area contributed by atoms with Gasteiger partial charge in [0, 0.05) is 22.0 Å². The van der Waals surface area contributed by atoms with E-state index < -0.39 is 0 Å². The van der Waals surface area contributed by atoms with Crippen molar-refractivity contribution < 1.29 is 0 Å². The van der Waals surface area contributed by atoms with Gasteiger partial charge in [-0.3, -0.25) is 0 Å². The fraction of sp³-hybridized carbons (Fsp3) is 0.455. The minimum atomic E-state index is 0.593.